The van der Waals surface area contributed by atoms with Gasteiger partial charge in [-0.25, -0.2) is 0 Å². The summed E-state index contributed by atoms with van der Waals surface area (Å²) < 4.78 is 0. The fourth-order valence-corrected chi connectivity index (χ4v) is 0.779. The molecule has 0 bridgehead atoms. The standard InChI is InChI=1S/C8H9NO.ClH/c9-8(6-10)7-4-2-1-3-5-7;/h1-6,8H,9H2;1H. The Bertz CT molecular complexity index is 213. The van der Waals surface area contributed by atoms with Crippen LogP contribution in [-0.4, -0.2) is 6.29 Å². The molecule has 11 heavy (non-hydrogen) atoms. The Morgan fingerprint density at radius 2 is 1.82 bits per heavy atom. The van der Waals surface area contributed by atoms with Crippen molar-refractivity contribution in [2.75, 3.05) is 0 Å². The Labute approximate surface area is 71.8 Å². The van der Waals surface area contributed by atoms with E-state index in [1.807, 2.05) is 30.3 Å². The monoisotopic (exact) mass is 171 g/mol. The normalized spacial score (nSPS) is 11.4. The summed E-state index contributed by atoms with van der Waals surface area (Å²) in [7, 11) is 0. The first-order chi connectivity index (χ1) is 4.84. The molecule has 0 spiro atoms. The van der Waals surface area contributed by atoms with E-state index in [1.54, 1.807) is 0 Å². The summed E-state index contributed by atoms with van der Waals surface area (Å²) in [6.07, 6.45) is 0.843. The zero-order valence-electron chi connectivity index (χ0n) is 6.03. The van der Waals surface area contributed by atoms with Gasteiger partial charge in [-0.3, -0.25) is 4.79 Å². The van der Waals surface area contributed by atoms with E-state index in [0.29, 0.717) is 0 Å². The minimum atomic E-state index is -0.221. The Morgan fingerprint density at radius 1 is 1.27 bits per heavy atom. The van der Waals surface area contributed by atoms with Gasteiger partial charge in [0.25, 0.3) is 0 Å². The highest BCUT2D eigenvalue weighted by Crippen LogP contribution is 2.03. The molecule has 0 heterocycles. The topological polar surface area (TPSA) is 44.7 Å². The van der Waals surface area contributed by atoms with Crippen molar-refractivity contribution in [3.05, 3.63) is 35.9 Å². The fourth-order valence-electron chi connectivity index (χ4n) is 0.779. The van der Waals surface area contributed by atoms with E-state index in [0.717, 1.165) is 11.8 Å². The molecule has 1 aromatic rings. The Kier molecular flexibility index (Phi) is 4.50. The van der Waals surface area contributed by atoms with E-state index in [4.69, 9.17) is 0 Å². The van der Waals surface area contributed by atoms with E-state index in [2.05, 4.69) is 5.73 Å². The second-order valence-electron chi connectivity index (χ2n) is 2.15. The largest absolute Gasteiger partial charge is 1.00 e. The van der Waals surface area contributed by atoms with Crippen molar-refractivity contribution in [1.82, 2.24) is 0 Å². The average Bonchev–Trinajstić information content (AvgIpc) is 2.05. The third kappa shape index (κ3) is 2.70. The van der Waals surface area contributed by atoms with Crippen LogP contribution in [-0.2, 0) is 4.79 Å². The molecule has 2 nitrogen and oxygen atoms in total. The second kappa shape index (κ2) is 4.88. The van der Waals surface area contributed by atoms with Gasteiger partial charge in [-0.2, -0.15) is 0 Å². The van der Waals surface area contributed by atoms with Crippen LogP contribution in [0.3, 0.4) is 0 Å². The summed E-state index contributed by atoms with van der Waals surface area (Å²) in [4.78, 5) is 10.2. The van der Waals surface area contributed by atoms with Gasteiger partial charge in [0, 0.05) is 5.56 Å². The van der Waals surface area contributed by atoms with Crippen molar-refractivity contribution in [3.8, 4) is 0 Å². The van der Waals surface area contributed by atoms with Gasteiger partial charge in [0.05, 0.1) is 0 Å². The maximum absolute atomic E-state index is 10.2. The smallest absolute Gasteiger partial charge is 0.181 e. The van der Waals surface area contributed by atoms with Gasteiger partial charge in [-0.15, -0.1) is 0 Å². The number of carbonyl (C=O) groups is 1. The minimum Gasteiger partial charge on any atom is -1.00 e. The van der Waals surface area contributed by atoms with Crippen LogP contribution < -0.4 is 18.1 Å². The molecular formula is C8H10ClNO. The summed E-state index contributed by atoms with van der Waals surface area (Å²) in [5.74, 6) is 0. The minimum absolute atomic E-state index is 0. The fraction of sp³-hybridized carbons (Fsp3) is 0.125. The van der Waals surface area contributed by atoms with E-state index < -0.39 is 0 Å². The van der Waals surface area contributed by atoms with Crippen molar-refractivity contribution >= 4 is 6.29 Å². The number of quaternary nitrogens is 1. The van der Waals surface area contributed by atoms with Crippen LogP contribution in [0.1, 0.15) is 11.6 Å². The molecular weight excluding hydrogens is 162 g/mol. The van der Waals surface area contributed by atoms with Gasteiger partial charge in [-0.05, 0) is 0 Å². The highest BCUT2D eigenvalue weighted by atomic mass is 35.5. The maximum Gasteiger partial charge on any atom is 0.181 e. The number of halogens is 1. The van der Waals surface area contributed by atoms with Crippen molar-refractivity contribution in [3.63, 3.8) is 0 Å². The predicted octanol–water partition coefficient (Wildman–Crippen LogP) is -2.83. The quantitative estimate of drug-likeness (QED) is 0.480. The Morgan fingerprint density at radius 3 is 2.27 bits per heavy atom. The lowest BCUT2D eigenvalue weighted by atomic mass is 10.1. The molecule has 60 valence electrons. The number of carbonyl (C=O) groups excluding carboxylic acids is 1. The Hall–Kier alpha value is -0.860. The van der Waals surface area contributed by atoms with Crippen molar-refractivity contribution in [2.24, 2.45) is 0 Å². The summed E-state index contributed by atoms with van der Waals surface area (Å²) in [6, 6.07) is 9.29. The molecule has 0 aliphatic carbocycles. The van der Waals surface area contributed by atoms with Crippen LogP contribution in [0.5, 0.6) is 0 Å². The zero-order valence-corrected chi connectivity index (χ0v) is 6.79. The van der Waals surface area contributed by atoms with Crippen LogP contribution >= 0.6 is 0 Å². The second-order valence-corrected chi connectivity index (χ2v) is 2.15. The molecule has 0 radical (unpaired) electrons. The molecule has 1 rings (SSSR count). The predicted molar refractivity (Wildman–Crippen MR) is 38.1 cm³/mol. The lowest BCUT2D eigenvalue weighted by Crippen LogP contribution is -3.00. The first kappa shape index (κ1) is 10.1. The van der Waals surface area contributed by atoms with E-state index in [9.17, 15) is 4.79 Å². The molecule has 3 heteroatoms. The first-order valence-corrected chi connectivity index (χ1v) is 3.18. The van der Waals surface area contributed by atoms with Crippen LogP contribution in [0.4, 0.5) is 0 Å². The van der Waals surface area contributed by atoms with Crippen molar-refractivity contribution in [2.45, 2.75) is 6.04 Å². The molecule has 0 saturated heterocycles. The Balaban J connectivity index is 0.000001000. The summed E-state index contributed by atoms with van der Waals surface area (Å²) in [6.45, 7) is 0. The summed E-state index contributed by atoms with van der Waals surface area (Å²) in [5, 5.41) is 0. The SMILES string of the molecule is [Cl-].[NH3+]C(C=O)c1ccccc1. The van der Waals surface area contributed by atoms with Gasteiger partial charge < -0.3 is 18.1 Å². The molecule has 0 saturated carbocycles. The van der Waals surface area contributed by atoms with Crippen molar-refractivity contribution in [1.29, 1.82) is 0 Å². The highest BCUT2D eigenvalue weighted by Gasteiger charge is 2.04. The van der Waals surface area contributed by atoms with Gasteiger partial charge in [0.1, 0.15) is 0 Å². The van der Waals surface area contributed by atoms with E-state index in [-0.39, 0.29) is 18.4 Å². The number of hydrogen-bond donors (Lipinski definition) is 1. The lowest BCUT2D eigenvalue weighted by Gasteiger charge is -1.97. The van der Waals surface area contributed by atoms with E-state index >= 15 is 0 Å². The molecule has 1 atom stereocenters. The third-order valence-electron chi connectivity index (χ3n) is 1.39. The molecule has 1 aromatic carbocycles. The number of aldehydes is 1. The number of rotatable bonds is 2. The van der Waals surface area contributed by atoms with Gasteiger partial charge >= 0.3 is 0 Å². The molecule has 1 unspecified atom stereocenters. The summed E-state index contributed by atoms with van der Waals surface area (Å²) >= 11 is 0. The lowest BCUT2D eigenvalue weighted by molar-refractivity contribution is -0.405. The first-order valence-electron chi connectivity index (χ1n) is 3.18. The zero-order chi connectivity index (χ0) is 7.40. The molecule has 3 N–H and O–H groups in total. The molecule has 0 aliphatic rings. The third-order valence-corrected chi connectivity index (χ3v) is 1.39. The van der Waals surface area contributed by atoms with E-state index in [1.165, 1.54) is 0 Å². The van der Waals surface area contributed by atoms with Gasteiger partial charge in [0.2, 0.25) is 0 Å². The molecule has 0 amide bonds. The molecule has 0 fully saturated rings. The van der Waals surface area contributed by atoms with Crippen LogP contribution in [0.15, 0.2) is 30.3 Å². The molecule has 0 aliphatic heterocycles. The molecule has 0 aromatic heterocycles. The summed E-state index contributed by atoms with van der Waals surface area (Å²) in [5.41, 5.74) is 4.63. The van der Waals surface area contributed by atoms with Crippen LogP contribution in [0.2, 0.25) is 0 Å². The van der Waals surface area contributed by atoms with Crippen molar-refractivity contribution < 1.29 is 22.9 Å². The van der Waals surface area contributed by atoms with Crippen LogP contribution in [0.25, 0.3) is 0 Å². The number of benzene rings is 1. The van der Waals surface area contributed by atoms with Crippen LogP contribution in [0, 0.1) is 0 Å². The maximum atomic E-state index is 10.2. The van der Waals surface area contributed by atoms with Gasteiger partial charge in [0.15, 0.2) is 12.3 Å². The number of hydrogen-bond acceptors (Lipinski definition) is 1. The highest BCUT2D eigenvalue weighted by molar-refractivity contribution is 5.58. The average molecular weight is 172 g/mol. The van der Waals surface area contributed by atoms with Gasteiger partial charge in [-0.1, -0.05) is 30.3 Å².